The van der Waals surface area contributed by atoms with Gasteiger partial charge in [0.1, 0.15) is 6.04 Å². The fourth-order valence-electron chi connectivity index (χ4n) is 1.36. The zero-order chi connectivity index (χ0) is 8.97. The van der Waals surface area contributed by atoms with Crippen LogP contribution in [0.4, 0.5) is 0 Å². The Morgan fingerprint density at radius 2 is 2.33 bits per heavy atom. The predicted octanol–water partition coefficient (Wildman–Crippen LogP) is -0.384. The average Bonchev–Trinajstić information content (AvgIpc) is 1.99. The summed E-state index contributed by atoms with van der Waals surface area (Å²) < 4.78 is 4.63. The molecule has 0 amide bonds. The Bertz CT molecular complexity index is 156. The van der Waals surface area contributed by atoms with Crippen LogP contribution in [0.25, 0.3) is 0 Å². The lowest BCUT2D eigenvalue weighted by Gasteiger charge is -2.36. The van der Waals surface area contributed by atoms with Crippen molar-refractivity contribution in [1.82, 2.24) is 4.90 Å². The molecule has 1 heterocycles. The number of ether oxygens (including phenoxy) is 1. The highest BCUT2D eigenvalue weighted by Gasteiger charge is 2.29. The van der Waals surface area contributed by atoms with Crippen molar-refractivity contribution in [2.24, 2.45) is 0 Å². The fraction of sp³-hybridized carbons (Fsp3) is 0.875. The van der Waals surface area contributed by atoms with Crippen molar-refractivity contribution in [1.29, 1.82) is 0 Å². The molecule has 1 N–H and O–H groups in total. The Hall–Kier alpha value is -0.610. The Morgan fingerprint density at radius 3 is 2.67 bits per heavy atom. The first kappa shape index (κ1) is 9.48. The smallest absolute Gasteiger partial charge is 0.323 e. The van der Waals surface area contributed by atoms with Crippen molar-refractivity contribution in [3.8, 4) is 0 Å². The van der Waals surface area contributed by atoms with Crippen LogP contribution in [0.1, 0.15) is 12.8 Å². The molecule has 1 aliphatic heterocycles. The second kappa shape index (κ2) is 4.42. The van der Waals surface area contributed by atoms with Crippen LogP contribution in [0, 0.1) is 0 Å². The molecule has 70 valence electrons. The van der Waals surface area contributed by atoms with Gasteiger partial charge in [0.05, 0.1) is 7.11 Å². The van der Waals surface area contributed by atoms with Crippen molar-refractivity contribution in [2.75, 3.05) is 26.8 Å². The van der Waals surface area contributed by atoms with Crippen molar-refractivity contribution >= 4 is 5.97 Å². The van der Waals surface area contributed by atoms with Gasteiger partial charge in [-0.05, 0) is 12.8 Å². The number of carbonyl (C=O) groups is 1. The Balaban J connectivity index is 2.41. The molecule has 0 bridgehead atoms. The third kappa shape index (κ3) is 1.95. The monoisotopic (exact) mass is 173 g/mol. The first-order valence-electron chi connectivity index (χ1n) is 4.22. The Labute approximate surface area is 72.1 Å². The number of aliphatic hydroxyl groups is 1. The van der Waals surface area contributed by atoms with Gasteiger partial charge in [0.25, 0.3) is 0 Å². The van der Waals surface area contributed by atoms with Crippen LogP contribution in [-0.4, -0.2) is 48.8 Å². The quantitative estimate of drug-likeness (QED) is 0.588. The first-order valence-corrected chi connectivity index (χ1v) is 4.22. The van der Waals surface area contributed by atoms with E-state index in [0.29, 0.717) is 6.42 Å². The average molecular weight is 173 g/mol. The van der Waals surface area contributed by atoms with Gasteiger partial charge in [-0.25, -0.2) is 0 Å². The molecule has 4 nitrogen and oxygen atoms in total. The number of likely N-dealkylation sites (tertiary alicyclic amines) is 1. The van der Waals surface area contributed by atoms with Gasteiger partial charge in [-0.2, -0.15) is 0 Å². The summed E-state index contributed by atoms with van der Waals surface area (Å²) >= 11 is 0. The zero-order valence-electron chi connectivity index (χ0n) is 7.32. The lowest BCUT2D eigenvalue weighted by Crippen LogP contribution is -2.49. The van der Waals surface area contributed by atoms with E-state index in [4.69, 9.17) is 5.11 Å². The second-order valence-corrected chi connectivity index (χ2v) is 2.94. The van der Waals surface area contributed by atoms with Crippen LogP contribution in [0.15, 0.2) is 0 Å². The van der Waals surface area contributed by atoms with E-state index in [0.717, 1.165) is 19.5 Å². The van der Waals surface area contributed by atoms with E-state index in [9.17, 15) is 4.79 Å². The van der Waals surface area contributed by atoms with Crippen LogP contribution in [0.5, 0.6) is 0 Å². The van der Waals surface area contributed by atoms with Gasteiger partial charge in [0.2, 0.25) is 0 Å². The maximum absolute atomic E-state index is 11.2. The molecule has 1 atom stereocenters. The fourth-order valence-corrected chi connectivity index (χ4v) is 1.36. The lowest BCUT2D eigenvalue weighted by atomic mass is 10.1. The molecule has 1 fully saturated rings. The Morgan fingerprint density at radius 1 is 1.67 bits per heavy atom. The molecule has 0 aromatic heterocycles. The molecule has 0 aliphatic carbocycles. The van der Waals surface area contributed by atoms with Gasteiger partial charge in [-0.15, -0.1) is 0 Å². The number of esters is 1. The molecular weight excluding hydrogens is 158 g/mol. The van der Waals surface area contributed by atoms with Crippen molar-refractivity contribution in [3.63, 3.8) is 0 Å². The number of aliphatic hydroxyl groups excluding tert-OH is 1. The maximum atomic E-state index is 11.2. The van der Waals surface area contributed by atoms with Crippen molar-refractivity contribution in [2.45, 2.75) is 18.9 Å². The standard InChI is InChI=1S/C8H15NO3/c1-12-8(11)7(3-6-10)9-4-2-5-9/h7,10H,2-6H2,1H3. The normalized spacial score (nSPS) is 19.8. The molecule has 1 aliphatic rings. The SMILES string of the molecule is COC(=O)C(CCO)N1CCC1. The molecule has 12 heavy (non-hydrogen) atoms. The van der Waals surface area contributed by atoms with E-state index >= 15 is 0 Å². The van der Waals surface area contributed by atoms with Gasteiger partial charge in [0, 0.05) is 19.7 Å². The second-order valence-electron chi connectivity index (χ2n) is 2.94. The minimum Gasteiger partial charge on any atom is -0.468 e. The molecule has 0 radical (unpaired) electrons. The van der Waals surface area contributed by atoms with Gasteiger partial charge >= 0.3 is 5.97 Å². The third-order valence-electron chi connectivity index (χ3n) is 2.21. The van der Waals surface area contributed by atoms with Crippen LogP contribution in [0.2, 0.25) is 0 Å². The van der Waals surface area contributed by atoms with E-state index < -0.39 is 0 Å². The number of methoxy groups -OCH3 is 1. The molecule has 0 aromatic rings. The molecule has 0 saturated carbocycles. The lowest BCUT2D eigenvalue weighted by molar-refractivity contribution is -0.149. The Kier molecular flexibility index (Phi) is 3.49. The van der Waals surface area contributed by atoms with Crippen LogP contribution in [-0.2, 0) is 9.53 Å². The predicted molar refractivity (Wildman–Crippen MR) is 43.7 cm³/mol. The largest absolute Gasteiger partial charge is 0.468 e. The molecule has 1 unspecified atom stereocenters. The highest BCUT2D eigenvalue weighted by atomic mass is 16.5. The molecular formula is C8H15NO3. The summed E-state index contributed by atoms with van der Waals surface area (Å²) in [5.41, 5.74) is 0. The molecule has 1 rings (SSSR count). The van der Waals surface area contributed by atoms with Gasteiger partial charge in [-0.3, -0.25) is 9.69 Å². The van der Waals surface area contributed by atoms with Crippen LogP contribution < -0.4 is 0 Å². The summed E-state index contributed by atoms with van der Waals surface area (Å²) in [4.78, 5) is 13.2. The molecule has 1 saturated heterocycles. The topological polar surface area (TPSA) is 49.8 Å². The van der Waals surface area contributed by atoms with Gasteiger partial charge < -0.3 is 9.84 Å². The van der Waals surface area contributed by atoms with E-state index in [2.05, 4.69) is 4.74 Å². The summed E-state index contributed by atoms with van der Waals surface area (Å²) in [7, 11) is 1.38. The summed E-state index contributed by atoms with van der Waals surface area (Å²) in [6, 6.07) is -0.228. The molecule has 0 aromatic carbocycles. The van der Waals surface area contributed by atoms with E-state index in [1.807, 2.05) is 4.90 Å². The zero-order valence-corrected chi connectivity index (χ0v) is 7.32. The van der Waals surface area contributed by atoms with Gasteiger partial charge in [-0.1, -0.05) is 0 Å². The van der Waals surface area contributed by atoms with E-state index in [1.54, 1.807) is 0 Å². The highest BCUT2D eigenvalue weighted by Crippen LogP contribution is 2.14. The van der Waals surface area contributed by atoms with Gasteiger partial charge in [0.15, 0.2) is 0 Å². The summed E-state index contributed by atoms with van der Waals surface area (Å²) in [5, 5.41) is 8.72. The first-order chi connectivity index (χ1) is 5.79. The number of carbonyl (C=O) groups excluding carboxylic acids is 1. The summed E-state index contributed by atoms with van der Waals surface area (Å²) in [6.07, 6.45) is 1.62. The van der Waals surface area contributed by atoms with Crippen molar-refractivity contribution in [3.05, 3.63) is 0 Å². The summed E-state index contributed by atoms with van der Waals surface area (Å²) in [5.74, 6) is -0.233. The summed E-state index contributed by atoms with van der Waals surface area (Å²) in [6.45, 7) is 1.93. The molecule has 0 spiro atoms. The molecule has 4 heteroatoms. The number of rotatable bonds is 4. The minimum atomic E-state index is -0.233. The third-order valence-corrected chi connectivity index (χ3v) is 2.21. The van der Waals surface area contributed by atoms with E-state index in [-0.39, 0.29) is 18.6 Å². The maximum Gasteiger partial charge on any atom is 0.323 e. The number of hydrogen-bond acceptors (Lipinski definition) is 4. The highest BCUT2D eigenvalue weighted by molar-refractivity contribution is 5.75. The van der Waals surface area contributed by atoms with Crippen molar-refractivity contribution < 1.29 is 14.6 Å². The number of nitrogens with zero attached hydrogens (tertiary/aromatic N) is 1. The minimum absolute atomic E-state index is 0.0380. The van der Waals surface area contributed by atoms with Crippen LogP contribution in [0.3, 0.4) is 0 Å². The van der Waals surface area contributed by atoms with E-state index in [1.165, 1.54) is 7.11 Å². The number of hydrogen-bond donors (Lipinski definition) is 1. The van der Waals surface area contributed by atoms with Crippen LogP contribution >= 0.6 is 0 Å².